The first-order chi connectivity index (χ1) is 8.83. The molecule has 1 aliphatic rings. The maximum absolute atomic E-state index is 3.74. The van der Waals surface area contributed by atoms with Gasteiger partial charge in [-0.1, -0.05) is 71.1 Å². The maximum atomic E-state index is 3.74. The molecule has 0 aromatic heterocycles. The second kappa shape index (κ2) is 13.2. The van der Waals surface area contributed by atoms with Gasteiger partial charge in [0.2, 0.25) is 0 Å². The lowest BCUT2D eigenvalue weighted by Gasteiger charge is -2.28. The summed E-state index contributed by atoms with van der Waals surface area (Å²) >= 11 is 0. The molecule has 0 bridgehead atoms. The van der Waals surface area contributed by atoms with E-state index in [9.17, 15) is 0 Å². The predicted octanol–water partition coefficient (Wildman–Crippen LogP) is 5.86. The number of unbranched alkanes of at least 4 members (excludes halogenated alkanes) is 8. The molecule has 2 unspecified atom stereocenters. The Morgan fingerprint density at radius 3 is 2.00 bits per heavy atom. The Labute approximate surface area is 127 Å². The fourth-order valence-corrected chi connectivity index (χ4v) is 3.17. The molecule has 0 radical (unpaired) electrons. The molecular formula is C17H36ClN. The largest absolute Gasteiger partial charge is 0.312 e. The molecule has 0 aromatic carbocycles. The third-order valence-electron chi connectivity index (χ3n) is 4.37. The number of rotatable bonds is 10. The van der Waals surface area contributed by atoms with Crippen LogP contribution in [0.3, 0.4) is 0 Å². The molecule has 1 aliphatic heterocycles. The first kappa shape index (κ1) is 19.2. The summed E-state index contributed by atoms with van der Waals surface area (Å²) in [6.07, 6.45) is 18.7. The minimum Gasteiger partial charge on any atom is -0.312 e. The van der Waals surface area contributed by atoms with E-state index in [-0.39, 0.29) is 12.4 Å². The van der Waals surface area contributed by atoms with E-state index in [1.807, 2.05) is 0 Å². The van der Waals surface area contributed by atoms with Gasteiger partial charge in [-0.05, 0) is 26.2 Å². The average molecular weight is 290 g/mol. The van der Waals surface area contributed by atoms with Crippen LogP contribution in [0, 0.1) is 0 Å². The predicted molar refractivity (Wildman–Crippen MR) is 89.3 cm³/mol. The molecule has 116 valence electrons. The van der Waals surface area contributed by atoms with E-state index in [4.69, 9.17) is 0 Å². The van der Waals surface area contributed by atoms with Crippen LogP contribution in [0.2, 0.25) is 0 Å². The molecule has 1 nitrogen and oxygen atoms in total. The van der Waals surface area contributed by atoms with Crippen LogP contribution >= 0.6 is 12.4 Å². The van der Waals surface area contributed by atoms with Crippen molar-refractivity contribution in [1.29, 1.82) is 0 Å². The van der Waals surface area contributed by atoms with Gasteiger partial charge in [0, 0.05) is 12.1 Å². The topological polar surface area (TPSA) is 12.0 Å². The Morgan fingerprint density at radius 1 is 0.842 bits per heavy atom. The van der Waals surface area contributed by atoms with Gasteiger partial charge in [-0.15, -0.1) is 12.4 Å². The van der Waals surface area contributed by atoms with Crippen molar-refractivity contribution < 1.29 is 0 Å². The van der Waals surface area contributed by atoms with Crippen LogP contribution in [0.1, 0.15) is 97.3 Å². The molecule has 0 spiro atoms. The molecule has 0 amide bonds. The minimum absolute atomic E-state index is 0. The summed E-state index contributed by atoms with van der Waals surface area (Å²) in [5.41, 5.74) is 0. The van der Waals surface area contributed by atoms with Crippen LogP contribution < -0.4 is 5.32 Å². The average Bonchev–Trinajstić information content (AvgIpc) is 2.37. The molecule has 0 saturated carbocycles. The molecule has 1 heterocycles. The van der Waals surface area contributed by atoms with Crippen molar-refractivity contribution in [2.24, 2.45) is 0 Å². The summed E-state index contributed by atoms with van der Waals surface area (Å²) in [7, 11) is 0. The molecule has 2 atom stereocenters. The maximum Gasteiger partial charge on any atom is 0.00695 e. The summed E-state index contributed by atoms with van der Waals surface area (Å²) in [6, 6.07) is 1.60. The molecule has 1 N–H and O–H groups in total. The van der Waals surface area contributed by atoms with E-state index in [1.54, 1.807) is 0 Å². The van der Waals surface area contributed by atoms with Gasteiger partial charge in [0.25, 0.3) is 0 Å². The van der Waals surface area contributed by atoms with Crippen LogP contribution in [0.5, 0.6) is 0 Å². The third-order valence-corrected chi connectivity index (χ3v) is 4.37. The molecule has 1 fully saturated rings. The highest BCUT2D eigenvalue weighted by molar-refractivity contribution is 5.85. The standard InChI is InChI=1S/C17H35N.ClH/c1-3-4-5-6-7-8-9-10-11-14-17-15-12-13-16(2)18-17;/h16-18H,3-15H2,1-2H3;1H. The molecule has 0 aromatic rings. The normalized spacial score (nSPS) is 23.1. The molecule has 1 rings (SSSR count). The van der Waals surface area contributed by atoms with Crippen LogP contribution in [-0.4, -0.2) is 12.1 Å². The molecule has 0 aliphatic carbocycles. The fraction of sp³-hybridized carbons (Fsp3) is 1.00. The SMILES string of the molecule is CCCCCCCCCCCC1CCCC(C)N1.Cl. The molecular weight excluding hydrogens is 254 g/mol. The number of piperidine rings is 1. The lowest BCUT2D eigenvalue weighted by molar-refractivity contribution is 0.314. The highest BCUT2D eigenvalue weighted by Gasteiger charge is 2.16. The summed E-state index contributed by atoms with van der Waals surface area (Å²) in [4.78, 5) is 0. The van der Waals surface area contributed by atoms with Gasteiger partial charge in [-0.25, -0.2) is 0 Å². The molecule has 1 saturated heterocycles. The van der Waals surface area contributed by atoms with Crippen LogP contribution in [0.15, 0.2) is 0 Å². The Hall–Kier alpha value is 0.250. The molecule has 19 heavy (non-hydrogen) atoms. The quantitative estimate of drug-likeness (QED) is 0.497. The van der Waals surface area contributed by atoms with Gasteiger partial charge in [-0.3, -0.25) is 0 Å². The lowest BCUT2D eigenvalue weighted by Crippen LogP contribution is -2.40. The Bertz CT molecular complexity index is 184. The van der Waals surface area contributed by atoms with E-state index >= 15 is 0 Å². The fourth-order valence-electron chi connectivity index (χ4n) is 3.17. The van der Waals surface area contributed by atoms with Crippen molar-refractivity contribution in [2.45, 2.75) is 109 Å². The van der Waals surface area contributed by atoms with E-state index in [2.05, 4.69) is 19.2 Å². The summed E-state index contributed by atoms with van der Waals surface area (Å²) in [6.45, 7) is 4.63. The first-order valence-electron chi connectivity index (χ1n) is 8.59. The van der Waals surface area contributed by atoms with Crippen LogP contribution in [0.4, 0.5) is 0 Å². The number of nitrogens with one attached hydrogen (secondary N) is 1. The van der Waals surface area contributed by atoms with Crippen LogP contribution in [-0.2, 0) is 0 Å². The van der Waals surface area contributed by atoms with Gasteiger partial charge in [0.15, 0.2) is 0 Å². The van der Waals surface area contributed by atoms with Crippen LogP contribution in [0.25, 0.3) is 0 Å². The van der Waals surface area contributed by atoms with Gasteiger partial charge >= 0.3 is 0 Å². The second-order valence-corrected chi connectivity index (χ2v) is 6.31. The Balaban J connectivity index is 0.00000324. The van der Waals surface area contributed by atoms with Gasteiger partial charge in [0.05, 0.1) is 0 Å². The third kappa shape index (κ3) is 10.7. The highest BCUT2D eigenvalue weighted by atomic mass is 35.5. The summed E-state index contributed by atoms with van der Waals surface area (Å²) in [5, 5.41) is 3.74. The zero-order chi connectivity index (χ0) is 13.1. The monoisotopic (exact) mass is 289 g/mol. The van der Waals surface area contributed by atoms with Crippen molar-refractivity contribution in [2.75, 3.05) is 0 Å². The first-order valence-corrected chi connectivity index (χ1v) is 8.59. The Kier molecular flexibility index (Phi) is 13.4. The van der Waals surface area contributed by atoms with Crippen molar-refractivity contribution in [3.05, 3.63) is 0 Å². The van der Waals surface area contributed by atoms with Crippen molar-refractivity contribution in [3.63, 3.8) is 0 Å². The van der Waals surface area contributed by atoms with Crippen molar-refractivity contribution in [3.8, 4) is 0 Å². The van der Waals surface area contributed by atoms with Gasteiger partial charge < -0.3 is 5.32 Å². The van der Waals surface area contributed by atoms with Crippen molar-refractivity contribution in [1.82, 2.24) is 5.32 Å². The zero-order valence-electron chi connectivity index (χ0n) is 13.3. The summed E-state index contributed by atoms with van der Waals surface area (Å²) in [5.74, 6) is 0. The smallest absolute Gasteiger partial charge is 0.00695 e. The number of hydrogen-bond donors (Lipinski definition) is 1. The van der Waals surface area contributed by atoms with Gasteiger partial charge in [0.1, 0.15) is 0 Å². The Morgan fingerprint density at radius 2 is 1.42 bits per heavy atom. The molecule has 2 heteroatoms. The lowest BCUT2D eigenvalue weighted by atomic mass is 9.95. The number of halogens is 1. The van der Waals surface area contributed by atoms with Crippen molar-refractivity contribution >= 4 is 12.4 Å². The highest BCUT2D eigenvalue weighted by Crippen LogP contribution is 2.18. The zero-order valence-corrected chi connectivity index (χ0v) is 14.1. The second-order valence-electron chi connectivity index (χ2n) is 6.31. The summed E-state index contributed by atoms with van der Waals surface area (Å²) < 4.78 is 0. The minimum atomic E-state index is 0. The van der Waals surface area contributed by atoms with E-state index < -0.39 is 0 Å². The van der Waals surface area contributed by atoms with E-state index in [0.717, 1.165) is 12.1 Å². The van der Waals surface area contributed by atoms with E-state index in [1.165, 1.54) is 83.5 Å². The van der Waals surface area contributed by atoms with Gasteiger partial charge in [-0.2, -0.15) is 0 Å². The van der Waals surface area contributed by atoms with E-state index in [0.29, 0.717) is 0 Å². The number of hydrogen-bond acceptors (Lipinski definition) is 1.